The molecule has 2 aliphatic rings. The summed E-state index contributed by atoms with van der Waals surface area (Å²) in [6.45, 7) is 1.79. The summed E-state index contributed by atoms with van der Waals surface area (Å²) in [6, 6.07) is 6.34. The first kappa shape index (κ1) is 15.6. The largest absolute Gasteiger partial charge is 0.389 e. The third-order valence-electron chi connectivity index (χ3n) is 3.99. The van der Waals surface area contributed by atoms with Gasteiger partial charge in [-0.25, -0.2) is 0 Å². The predicted octanol–water partition coefficient (Wildman–Crippen LogP) is 3.25. The molecular formula is C16H22ClNO2S. The van der Waals surface area contributed by atoms with Crippen LogP contribution in [0.2, 0.25) is 5.02 Å². The van der Waals surface area contributed by atoms with Crippen LogP contribution in [0.25, 0.3) is 0 Å². The summed E-state index contributed by atoms with van der Waals surface area (Å²) in [5.41, 5.74) is 1.25. The fourth-order valence-corrected chi connectivity index (χ4v) is 4.08. The number of hydrogen-bond donors (Lipinski definition) is 2. The minimum absolute atomic E-state index is 0.276. The van der Waals surface area contributed by atoms with Gasteiger partial charge in [-0.05, 0) is 42.6 Å². The van der Waals surface area contributed by atoms with Crippen LogP contribution in [-0.2, 0) is 4.74 Å². The van der Waals surface area contributed by atoms with Crippen LogP contribution in [0.1, 0.15) is 30.9 Å². The van der Waals surface area contributed by atoms with Gasteiger partial charge in [-0.15, -0.1) is 11.8 Å². The van der Waals surface area contributed by atoms with Crippen LogP contribution >= 0.6 is 23.4 Å². The van der Waals surface area contributed by atoms with E-state index in [9.17, 15) is 5.11 Å². The molecule has 1 aromatic rings. The van der Waals surface area contributed by atoms with Gasteiger partial charge in [0.25, 0.3) is 0 Å². The Balaban J connectivity index is 1.48. The molecule has 2 unspecified atom stereocenters. The number of benzene rings is 1. The van der Waals surface area contributed by atoms with Gasteiger partial charge < -0.3 is 15.2 Å². The van der Waals surface area contributed by atoms with E-state index in [0.29, 0.717) is 13.2 Å². The van der Waals surface area contributed by atoms with Crippen molar-refractivity contribution in [1.29, 1.82) is 0 Å². The zero-order chi connectivity index (χ0) is 14.7. The van der Waals surface area contributed by atoms with E-state index in [-0.39, 0.29) is 6.04 Å². The molecular weight excluding hydrogens is 306 g/mol. The fraction of sp³-hybridized carbons (Fsp3) is 0.625. The van der Waals surface area contributed by atoms with Gasteiger partial charge in [-0.1, -0.05) is 23.7 Å². The fourth-order valence-electron chi connectivity index (χ4n) is 2.59. The standard InChI is InChI=1S/C16H22ClNO2S/c17-14-3-1-2-13-15(6-7-21-16(13)14)18-8-12(19)10-20-9-11-4-5-11/h1-3,11-12,15,18-19H,4-10H2. The number of aliphatic hydroxyl groups excluding tert-OH is 1. The van der Waals surface area contributed by atoms with Crippen molar-refractivity contribution in [3.8, 4) is 0 Å². The molecule has 1 saturated carbocycles. The monoisotopic (exact) mass is 327 g/mol. The average Bonchev–Trinajstić information content (AvgIpc) is 3.30. The summed E-state index contributed by atoms with van der Waals surface area (Å²) < 4.78 is 5.53. The van der Waals surface area contributed by atoms with Crippen molar-refractivity contribution in [3.05, 3.63) is 28.8 Å². The van der Waals surface area contributed by atoms with E-state index < -0.39 is 6.10 Å². The van der Waals surface area contributed by atoms with Crippen molar-refractivity contribution in [1.82, 2.24) is 5.32 Å². The number of fused-ring (bicyclic) bond motifs is 1. The van der Waals surface area contributed by atoms with Crippen molar-refractivity contribution in [2.45, 2.75) is 36.3 Å². The zero-order valence-corrected chi connectivity index (χ0v) is 13.6. The normalized spacial score (nSPS) is 22.9. The van der Waals surface area contributed by atoms with Crippen molar-refractivity contribution in [2.24, 2.45) is 5.92 Å². The van der Waals surface area contributed by atoms with E-state index in [4.69, 9.17) is 16.3 Å². The summed E-state index contributed by atoms with van der Waals surface area (Å²) in [6.07, 6.45) is 3.19. The number of aliphatic hydroxyl groups is 1. The second-order valence-corrected chi connectivity index (χ2v) is 7.40. The van der Waals surface area contributed by atoms with Crippen LogP contribution in [0.4, 0.5) is 0 Å². The number of ether oxygens (including phenoxy) is 1. The Morgan fingerprint density at radius 1 is 1.38 bits per heavy atom. The van der Waals surface area contributed by atoms with Crippen LogP contribution in [0.5, 0.6) is 0 Å². The molecule has 1 aromatic carbocycles. The zero-order valence-electron chi connectivity index (χ0n) is 12.1. The summed E-state index contributed by atoms with van der Waals surface area (Å²) >= 11 is 8.07. The quantitative estimate of drug-likeness (QED) is 0.806. The number of nitrogens with one attached hydrogen (secondary N) is 1. The Morgan fingerprint density at radius 3 is 3.05 bits per heavy atom. The number of rotatable bonds is 7. The molecule has 116 valence electrons. The molecule has 0 saturated heterocycles. The minimum atomic E-state index is -0.444. The molecule has 1 aliphatic heterocycles. The molecule has 1 fully saturated rings. The lowest BCUT2D eigenvalue weighted by Gasteiger charge is -2.27. The van der Waals surface area contributed by atoms with Crippen LogP contribution in [0.3, 0.4) is 0 Å². The molecule has 0 radical (unpaired) electrons. The van der Waals surface area contributed by atoms with Crippen LogP contribution in [-0.4, -0.2) is 36.7 Å². The van der Waals surface area contributed by atoms with Gasteiger partial charge in [0.2, 0.25) is 0 Å². The SMILES string of the molecule is OC(CNC1CCSc2c(Cl)cccc21)COCC1CC1. The Hall–Kier alpha value is -0.260. The molecule has 1 aliphatic carbocycles. The second-order valence-electron chi connectivity index (χ2n) is 5.89. The van der Waals surface area contributed by atoms with E-state index in [1.54, 1.807) is 0 Å². The molecule has 3 rings (SSSR count). The molecule has 0 bridgehead atoms. The van der Waals surface area contributed by atoms with Crippen LogP contribution in [0, 0.1) is 5.92 Å². The highest BCUT2D eigenvalue weighted by Gasteiger charge is 2.23. The van der Waals surface area contributed by atoms with Crippen molar-refractivity contribution in [2.75, 3.05) is 25.5 Å². The topological polar surface area (TPSA) is 41.5 Å². The van der Waals surface area contributed by atoms with Crippen molar-refractivity contribution in [3.63, 3.8) is 0 Å². The number of halogens is 1. The lowest BCUT2D eigenvalue weighted by Crippen LogP contribution is -2.34. The number of hydrogen-bond acceptors (Lipinski definition) is 4. The van der Waals surface area contributed by atoms with Crippen LogP contribution in [0.15, 0.2) is 23.1 Å². The minimum Gasteiger partial charge on any atom is -0.389 e. The lowest BCUT2D eigenvalue weighted by molar-refractivity contribution is 0.0311. The van der Waals surface area contributed by atoms with Crippen molar-refractivity contribution < 1.29 is 9.84 Å². The first-order valence-electron chi connectivity index (χ1n) is 7.64. The van der Waals surface area contributed by atoms with Crippen LogP contribution < -0.4 is 5.32 Å². The Morgan fingerprint density at radius 2 is 2.24 bits per heavy atom. The van der Waals surface area contributed by atoms with E-state index in [2.05, 4.69) is 11.4 Å². The molecule has 5 heteroatoms. The van der Waals surface area contributed by atoms with Crippen molar-refractivity contribution >= 4 is 23.4 Å². The molecule has 2 N–H and O–H groups in total. The number of thioether (sulfide) groups is 1. The van der Waals surface area contributed by atoms with E-state index in [0.717, 1.165) is 29.7 Å². The molecule has 2 atom stereocenters. The predicted molar refractivity (Wildman–Crippen MR) is 87.1 cm³/mol. The van der Waals surface area contributed by atoms with Gasteiger partial charge in [-0.3, -0.25) is 0 Å². The first-order chi connectivity index (χ1) is 10.2. The summed E-state index contributed by atoms with van der Waals surface area (Å²) in [5.74, 6) is 1.80. The summed E-state index contributed by atoms with van der Waals surface area (Å²) in [7, 11) is 0. The third-order valence-corrected chi connectivity index (χ3v) is 5.60. The highest BCUT2D eigenvalue weighted by Crippen LogP contribution is 2.40. The Kier molecular flexibility index (Phi) is 5.46. The van der Waals surface area contributed by atoms with E-state index in [1.807, 2.05) is 23.9 Å². The second kappa shape index (κ2) is 7.34. The summed E-state index contributed by atoms with van der Waals surface area (Å²) in [5, 5.41) is 14.3. The maximum absolute atomic E-state index is 10.00. The van der Waals surface area contributed by atoms with Gasteiger partial charge >= 0.3 is 0 Å². The maximum Gasteiger partial charge on any atom is 0.0897 e. The molecule has 21 heavy (non-hydrogen) atoms. The Labute approximate surface area is 135 Å². The van der Waals surface area contributed by atoms with Gasteiger partial charge in [-0.2, -0.15) is 0 Å². The van der Waals surface area contributed by atoms with Gasteiger partial charge in [0, 0.05) is 24.1 Å². The van der Waals surface area contributed by atoms with E-state index >= 15 is 0 Å². The smallest absolute Gasteiger partial charge is 0.0897 e. The molecule has 0 amide bonds. The summed E-state index contributed by atoms with van der Waals surface area (Å²) in [4.78, 5) is 1.18. The van der Waals surface area contributed by atoms with Gasteiger partial charge in [0.15, 0.2) is 0 Å². The molecule has 3 nitrogen and oxygen atoms in total. The lowest BCUT2D eigenvalue weighted by atomic mass is 10.0. The van der Waals surface area contributed by atoms with Gasteiger partial charge in [0.05, 0.1) is 17.7 Å². The van der Waals surface area contributed by atoms with Gasteiger partial charge in [0.1, 0.15) is 0 Å². The maximum atomic E-state index is 10.00. The molecule has 1 heterocycles. The van der Waals surface area contributed by atoms with E-state index in [1.165, 1.54) is 23.3 Å². The molecule has 0 spiro atoms. The Bertz CT molecular complexity index is 481. The first-order valence-corrected chi connectivity index (χ1v) is 9.01. The highest BCUT2D eigenvalue weighted by atomic mass is 35.5. The highest BCUT2D eigenvalue weighted by molar-refractivity contribution is 7.99. The average molecular weight is 328 g/mol. The molecule has 0 aromatic heterocycles. The third kappa shape index (κ3) is 4.36.